The normalized spacial score (nSPS) is 10.4. The maximum absolute atomic E-state index is 11.3. The molecule has 0 fully saturated rings. The van der Waals surface area contributed by atoms with Crippen LogP contribution in [0.3, 0.4) is 0 Å². The van der Waals surface area contributed by atoms with Crippen LogP contribution in [-0.2, 0) is 0 Å². The largest absolute Gasteiger partial charge is 0.360 e. The molecule has 116 valence electrons. The summed E-state index contributed by atoms with van der Waals surface area (Å²) in [7, 11) is 0. The molecular formula is C12H18N4O4S. The second-order valence-corrected chi connectivity index (χ2v) is 5.14. The number of hydrogen-bond acceptors (Lipinski definition) is 7. The fourth-order valence-electron chi connectivity index (χ4n) is 2.12. The molecule has 0 spiro atoms. The minimum absolute atomic E-state index is 0.0616. The minimum Gasteiger partial charge on any atom is -0.360 e. The summed E-state index contributed by atoms with van der Waals surface area (Å²) >= 11 is 0.752. The Kier molecular flexibility index (Phi) is 6.38. The number of nitrogens with two attached hydrogens (primary N) is 1. The number of nitro groups is 2. The molecule has 0 heterocycles. The smallest absolute Gasteiger partial charge is 0.300 e. The van der Waals surface area contributed by atoms with E-state index in [-0.39, 0.29) is 17.1 Å². The summed E-state index contributed by atoms with van der Waals surface area (Å²) in [4.78, 5) is 23.4. The van der Waals surface area contributed by atoms with Gasteiger partial charge in [-0.2, -0.15) is 0 Å². The van der Waals surface area contributed by atoms with Crippen molar-refractivity contribution in [1.29, 1.82) is 0 Å². The van der Waals surface area contributed by atoms with Gasteiger partial charge in [0, 0.05) is 30.1 Å². The van der Waals surface area contributed by atoms with Crippen molar-refractivity contribution >= 4 is 29.0 Å². The number of nitrogens with zero attached hydrogens (tertiary/aromatic N) is 3. The van der Waals surface area contributed by atoms with Gasteiger partial charge < -0.3 is 4.90 Å². The van der Waals surface area contributed by atoms with E-state index < -0.39 is 9.85 Å². The Labute approximate surface area is 126 Å². The Morgan fingerprint density at radius 3 is 1.81 bits per heavy atom. The third-order valence-electron chi connectivity index (χ3n) is 2.88. The van der Waals surface area contributed by atoms with Gasteiger partial charge in [-0.25, -0.2) is 0 Å². The molecule has 0 aliphatic heterocycles. The van der Waals surface area contributed by atoms with E-state index in [4.69, 9.17) is 5.14 Å². The van der Waals surface area contributed by atoms with Crippen LogP contribution in [0, 0.1) is 20.2 Å². The van der Waals surface area contributed by atoms with Gasteiger partial charge in [0.15, 0.2) is 5.69 Å². The lowest BCUT2D eigenvalue weighted by molar-refractivity contribution is -0.393. The van der Waals surface area contributed by atoms with Crippen molar-refractivity contribution in [2.75, 3.05) is 18.0 Å². The molecule has 8 nitrogen and oxygen atoms in total. The van der Waals surface area contributed by atoms with Crippen molar-refractivity contribution in [3.8, 4) is 0 Å². The molecule has 0 saturated heterocycles. The number of hydrogen-bond donors (Lipinski definition) is 1. The molecule has 0 amide bonds. The van der Waals surface area contributed by atoms with E-state index in [1.54, 1.807) is 4.90 Å². The van der Waals surface area contributed by atoms with E-state index in [9.17, 15) is 20.2 Å². The van der Waals surface area contributed by atoms with E-state index in [1.165, 1.54) is 12.1 Å². The van der Waals surface area contributed by atoms with Crippen LogP contribution in [0.1, 0.15) is 26.7 Å². The van der Waals surface area contributed by atoms with Crippen LogP contribution in [0.25, 0.3) is 0 Å². The van der Waals surface area contributed by atoms with Gasteiger partial charge >= 0.3 is 11.4 Å². The van der Waals surface area contributed by atoms with Crippen molar-refractivity contribution in [3.05, 3.63) is 32.4 Å². The molecule has 0 radical (unpaired) electrons. The van der Waals surface area contributed by atoms with Gasteiger partial charge in [-0.3, -0.25) is 25.4 Å². The molecule has 1 aromatic rings. The first-order valence-corrected chi connectivity index (χ1v) is 7.42. The SMILES string of the molecule is CCCN(CCC)c1c([N+](=O)[O-])cc(SN)cc1[N+](=O)[O-]. The lowest BCUT2D eigenvalue weighted by atomic mass is 10.2. The van der Waals surface area contributed by atoms with Gasteiger partial charge in [-0.1, -0.05) is 13.8 Å². The van der Waals surface area contributed by atoms with Crippen LogP contribution in [0.2, 0.25) is 0 Å². The van der Waals surface area contributed by atoms with Crippen LogP contribution >= 0.6 is 11.9 Å². The van der Waals surface area contributed by atoms with Gasteiger partial charge in [-0.05, 0) is 24.8 Å². The summed E-state index contributed by atoms with van der Waals surface area (Å²) in [5.41, 5.74) is -0.496. The van der Waals surface area contributed by atoms with Crippen molar-refractivity contribution in [1.82, 2.24) is 0 Å². The quantitative estimate of drug-likeness (QED) is 0.445. The lowest BCUT2D eigenvalue weighted by Gasteiger charge is -2.23. The van der Waals surface area contributed by atoms with E-state index in [0.29, 0.717) is 18.0 Å². The Morgan fingerprint density at radius 1 is 1.10 bits per heavy atom. The maximum atomic E-state index is 11.3. The zero-order valence-electron chi connectivity index (χ0n) is 11.9. The van der Waals surface area contributed by atoms with Crippen LogP contribution in [0.5, 0.6) is 0 Å². The van der Waals surface area contributed by atoms with Crippen molar-refractivity contribution < 1.29 is 9.85 Å². The molecule has 0 aromatic heterocycles. The fraction of sp³-hybridized carbons (Fsp3) is 0.500. The third-order valence-corrected chi connectivity index (χ3v) is 3.38. The van der Waals surface area contributed by atoms with Gasteiger partial charge in [0.2, 0.25) is 0 Å². The van der Waals surface area contributed by atoms with E-state index >= 15 is 0 Å². The molecule has 1 aromatic carbocycles. The summed E-state index contributed by atoms with van der Waals surface area (Å²) in [6, 6.07) is 2.57. The van der Waals surface area contributed by atoms with Crippen molar-refractivity contribution in [3.63, 3.8) is 0 Å². The zero-order chi connectivity index (χ0) is 16.0. The molecule has 9 heteroatoms. The minimum atomic E-state index is -0.597. The maximum Gasteiger partial charge on any atom is 0.300 e. The average molecular weight is 314 g/mol. The van der Waals surface area contributed by atoms with Crippen LogP contribution < -0.4 is 10.0 Å². The molecule has 21 heavy (non-hydrogen) atoms. The Morgan fingerprint density at radius 2 is 1.52 bits per heavy atom. The van der Waals surface area contributed by atoms with Gasteiger partial charge in [-0.15, -0.1) is 0 Å². The summed E-state index contributed by atoms with van der Waals surface area (Å²) < 4.78 is 0. The summed E-state index contributed by atoms with van der Waals surface area (Å²) in [5, 5.41) is 28.0. The predicted molar refractivity (Wildman–Crippen MR) is 82.6 cm³/mol. The molecule has 0 aliphatic carbocycles. The van der Waals surface area contributed by atoms with E-state index in [1.807, 2.05) is 13.8 Å². The van der Waals surface area contributed by atoms with Gasteiger partial charge in [0.25, 0.3) is 0 Å². The average Bonchev–Trinajstić information content (AvgIpc) is 2.45. The number of nitro benzene ring substituents is 2. The second-order valence-electron chi connectivity index (χ2n) is 4.43. The molecular weight excluding hydrogens is 296 g/mol. The highest BCUT2D eigenvalue weighted by Gasteiger charge is 2.30. The molecule has 0 atom stereocenters. The number of benzene rings is 1. The fourth-order valence-corrected chi connectivity index (χ4v) is 2.48. The summed E-state index contributed by atoms with van der Waals surface area (Å²) in [6.45, 7) is 4.88. The molecule has 0 unspecified atom stereocenters. The highest BCUT2D eigenvalue weighted by atomic mass is 32.2. The first-order chi connectivity index (χ1) is 9.96. The van der Waals surface area contributed by atoms with Gasteiger partial charge in [0.05, 0.1) is 9.85 Å². The Balaban J connectivity index is 3.56. The predicted octanol–water partition coefficient (Wildman–Crippen LogP) is 3.10. The lowest BCUT2D eigenvalue weighted by Crippen LogP contribution is -2.26. The molecule has 0 aliphatic rings. The summed E-state index contributed by atoms with van der Waals surface area (Å²) in [5.74, 6) is 0. The monoisotopic (exact) mass is 314 g/mol. The highest BCUT2D eigenvalue weighted by Crippen LogP contribution is 2.40. The summed E-state index contributed by atoms with van der Waals surface area (Å²) in [6.07, 6.45) is 1.48. The molecule has 1 rings (SSSR count). The van der Waals surface area contributed by atoms with E-state index in [0.717, 1.165) is 24.8 Å². The molecule has 2 N–H and O–H groups in total. The first kappa shape index (κ1) is 17.2. The topological polar surface area (TPSA) is 116 Å². The van der Waals surface area contributed by atoms with Crippen molar-refractivity contribution in [2.24, 2.45) is 5.14 Å². The number of anilines is 1. The van der Waals surface area contributed by atoms with Crippen LogP contribution in [-0.4, -0.2) is 22.9 Å². The zero-order valence-corrected chi connectivity index (χ0v) is 12.8. The molecule has 0 saturated carbocycles. The van der Waals surface area contributed by atoms with E-state index in [2.05, 4.69) is 0 Å². The Bertz CT molecular complexity index is 497. The first-order valence-electron chi connectivity index (χ1n) is 6.54. The second kappa shape index (κ2) is 7.79. The molecule has 0 bridgehead atoms. The van der Waals surface area contributed by atoms with Crippen molar-refractivity contribution in [2.45, 2.75) is 31.6 Å². The van der Waals surface area contributed by atoms with Crippen LogP contribution in [0.4, 0.5) is 17.1 Å². The highest BCUT2D eigenvalue weighted by molar-refractivity contribution is 7.97. The standard InChI is InChI=1S/C12H18N4O4S/c1-3-5-14(6-4-2)12-10(15(17)18)7-9(21-13)8-11(12)16(19)20/h7-8H,3-6,13H2,1-2H3. The van der Waals surface area contributed by atoms with Crippen LogP contribution in [0.15, 0.2) is 17.0 Å². The van der Waals surface area contributed by atoms with Gasteiger partial charge in [0.1, 0.15) is 0 Å². The Hall–Kier alpha value is -1.87. The third kappa shape index (κ3) is 4.05. The number of rotatable bonds is 8.